The average molecular weight is 450 g/mol. The summed E-state index contributed by atoms with van der Waals surface area (Å²) in [6, 6.07) is 0. The Hall–Kier alpha value is -0.890. The molecule has 0 bridgehead atoms. The molecule has 2 fully saturated rings. The van der Waals surface area contributed by atoms with Crippen LogP contribution in [0.3, 0.4) is 0 Å². The average Bonchev–Trinajstić information content (AvgIpc) is 2.60. The van der Waals surface area contributed by atoms with E-state index in [2.05, 4.69) is 0 Å². The van der Waals surface area contributed by atoms with Gasteiger partial charge >= 0.3 is 5.97 Å². The second kappa shape index (κ2) is 9.54. The second-order valence-corrected chi connectivity index (χ2v) is 9.72. The molecule has 0 aromatic rings. The third kappa shape index (κ3) is 6.56. The van der Waals surface area contributed by atoms with Crippen molar-refractivity contribution in [2.75, 3.05) is 0 Å². The number of ether oxygens (including phenoxy) is 5. The fourth-order valence-electron chi connectivity index (χ4n) is 3.31. The molecule has 10 unspecified atom stereocenters. The maximum Gasteiger partial charge on any atom is 0.335 e. The molecule has 2 radical (unpaired) electrons. The molecule has 10 atom stereocenters. The monoisotopic (exact) mass is 450 g/mol. The molecule has 0 spiro atoms. The molecule has 2 heterocycles. The third-order valence-electron chi connectivity index (χ3n) is 4.62. The largest absolute Gasteiger partial charge is 0.479 e. The predicted octanol–water partition coefficient (Wildman–Crippen LogP) is -0.941. The molecule has 11 heteroatoms. The van der Waals surface area contributed by atoms with E-state index in [1.54, 1.807) is 41.5 Å². The van der Waals surface area contributed by atoms with Crippen molar-refractivity contribution in [1.82, 2.24) is 0 Å². The summed E-state index contributed by atoms with van der Waals surface area (Å²) >= 11 is 0. The van der Waals surface area contributed by atoms with E-state index in [-0.39, 0.29) is 0 Å². The topological polar surface area (TPSA) is 164 Å². The quantitative estimate of drug-likeness (QED) is 0.351. The first-order chi connectivity index (χ1) is 14.0. The Balaban J connectivity index is 2.17. The van der Waals surface area contributed by atoms with Crippen molar-refractivity contribution in [3.8, 4) is 0 Å². The maximum absolute atomic E-state index is 11.7. The molecule has 0 aliphatic carbocycles. The van der Waals surface area contributed by atoms with Gasteiger partial charge in [0.2, 0.25) is 0 Å². The van der Waals surface area contributed by atoms with E-state index in [0.717, 1.165) is 0 Å². The molecule has 2 saturated heterocycles. The van der Waals surface area contributed by atoms with Gasteiger partial charge in [0.05, 0.1) is 17.3 Å². The Labute approximate surface area is 181 Å². The van der Waals surface area contributed by atoms with Crippen LogP contribution in [0.5, 0.6) is 0 Å². The highest BCUT2D eigenvalue weighted by molar-refractivity contribution is 5.73. The van der Waals surface area contributed by atoms with Crippen LogP contribution in [0.15, 0.2) is 0 Å². The number of aliphatic hydroxyl groups excluding tert-OH is 4. The Morgan fingerprint density at radius 1 is 0.774 bits per heavy atom. The lowest BCUT2D eigenvalue weighted by Gasteiger charge is -2.47. The number of carboxylic acid groups (broad SMARTS) is 1. The lowest BCUT2D eigenvalue weighted by Crippen LogP contribution is -2.65. The first-order valence-electron chi connectivity index (χ1n) is 10.0. The van der Waals surface area contributed by atoms with Crippen molar-refractivity contribution >= 4 is 5.97 Å². The van der Waals surface area contributed by atoms with Gasteiger partial charge in [-0.25, -0.2) is 4.79 Å². The van der Waals surface area contributed by atoms with Crippen molar-refractivity contribution in [2.24, 2.45) is 0 Å². The summed E-state index contributed by atoms with van der Waals surface area (Å²) in [5.74, 6) is -1.50. The molecule has 0 saturated carbocycles. The smallest absolute Gasteiger partial charge is 0.335 e. The van der Waals surface area contributed by atoms with Crippen LogP contribution >= 0.6 is 0 Å². The fraction of sp³-hybridized carbons (Fsp3) is 0.900. The summed E-state index contributed by atoms with van der Waals surface area (Å²) in [4.78, 5) is 11.7. The molecule has 2 aliphatic rings. The van der Waals surface area contributed by atoms with Crippen molar-refractivity contribution < 1.29 is 54.0 Å². The van der Waals surface area contributed by atoms with Crippen molar-refractivity contribution in [1.29, 1.82) is 0 Å². The van der Waals surface area contributed by atoms with E-state index < -0.39 is 78.6 Å². The number of aliphatic hydroxyl groups is 4. The molecule has 0 aromatic carbocycles. The maximum atomic E-state index is 11.7. The Bertz CT molecular complexity index is 613. The first kappa shape index (κ1) is 26.4. The van der Waals surface area contributed by atoms with Gasteiger partial charge in [0.15, 0.2) is 18.7 Å². The van der Waals surface area contributed by atoms with E-state index >= 15 is 0 Å². The zero-order valence-corrected chi connectivity index (χ0v) is 18.5. The Morgan fingerprint density at radius 3 is 1.74 bits per heavy atom. The van der Waals surface area contributed by atoms with E-state index in [1.807, 2.05) is 0 Å². The van der Waals surface area contributed by atoms with Crippen LogP contribution in [0.1, 0.15) is 41.5 Å². The van der Waals surface area contributed by atoms with Gasteiger partial charge in [-0.2, -0.15) is 0 Å². The summed E-state index contributed by atoms with van der Waals surface area (Å²) in [5.41, 5.74) is -1.50. The van der Waals surface area contributed by atoms with Crippen molar-refractivity contribution in [3.05, 3.63) is 6.92 Å². The van der Waals surface area contributed by atoms with Crippen LogP contribution in [0, 0.1) is 6.92 Å². The van der Waals surface area contributed by atoms with E-state index in [1.165, 1.54) is 0 Å². The summed E-state index contributed by atoms with van der Waals surface area (Å²) in [6.45, 7) is 16.1. The highest BCUT2D eigenvalue weighted by Crippen LogP contribution is 2.32. The lowest BCUT2D eigenvalue weighted by molar-refractivity contribution is -0.360. The Morgan fingerprint density at radius 2 is 1.26 bits per heavy atom. The minimum Gasteiger partial charge on any atom is -0.479 e. The van der Waals surface area contributed by atoms with Gasteiger partial charge < -0.3 is 49.2 Å². The van der Waals surface area contributed by atoms with Gasteiger partial charge in [-0.3, -0.25) is 0 Å². The van der Waals surface area contributed by atoms with Crippen LogP contribution in [0.25, 0.3) is 0 Å². The summed E-state index contributed by atoms with van der Waals surface area (Å²) in [5, 5.41) is 51.3. The van der Waals surface area contributed by atoms with Crippen molar-refractivity contribution in [3.63, 3.8) is 0 Å². The molecule has 5 N–H and O–H groups in total. The molecule has 0 amide bonds. The highest BCUT2D eigenvalue weighted by Gasteiger charge is 2.53. The van der Waals surface area contributed by atoms with Gasteiger partial charge in [0, 0.05) is 0 Å². The zero-order chi connectivity index (χ0) is 23.9. The van der Waals surface area contributed by atoms with Gasteiger partial charge in [0.1, 0.15) is 36.6 Å². The molecular weight excluding hydrogens is 416 g/mol. The number of carbonyl (C=O) groups is 1. The number of aliphatic carboxylic acids is 1. The number of rotatable bonds is 5. The van der Waals surface area contributed by atoms with Crippen LogP contribution < -0.4 is 0 Å². The normalized spacial score (nSPS) is 42.4. The summed E-state index contributed by atoms with van der Waals surface area (Å²) in [6.07, 6.45) is -15.4. The van der Waals surface area contributed by atoms with Crippen LogP contribution in [-0.4, -0.2) is 104 Å². The standard InChI is InChI=1S/C20H34O11/c1-8-13(30-19(2,3)4)9(21)11(23)17(27-8)28-14-10(22)12(24)18(31-20(5,6)7)29-15(14)16(25)26/h1,8-15,17-18,21-24H,2-7H3,(H,25,26). The van der Waals surface area contributed by atoms with Gasteiger partial charge in [-0.1, -0.05) is 0 Å². The van der Waals surface area contributed by atoms with E-state index in [4.69, 9.17) is 30.6 Å². The van der Waals surface area contributed by atoms with Gasteiger partial charge in [0.25, 0.3) is 0 Å². The third-order valence-corrected chi connectivity index (χ3v) is 4.62. The molecule has 0 aromatic heterocycles. The highest BCUT2D eigenvalue weighted by atomic mass is 16.7. The van der Waals surface area contributed by atoms with Gasteiger partial charge in [-0.15, -0.1) is 0 Å². The molecule has 2 rings (SSSR count). The SMILES string of the molecule is [CH]C1OC(OC2C(C(=O)O)OC(OC(C)(C)C)C(O)C2O)C(O)C(O)C1OC(C)(C)C. The van der Waals surface area contributed by atoms with Crippen LogP contribution in [0.4, 0.5) is 0 Å². The lowest BCUT2D eigenvalue weighted by atomic mass is 9.96. The van der Waals surface area contributed by atoms with E-state index in [0.29, 0.717) is 0 Å². The predicted molar refractivity (Wildman–Crippen MR) is 104 cm³/mol. The molecule has 11 nitrogen and oxygen atoms in total. The summed E-state index contributed by atoms with van der Waals surface area (Å²) < 4.78 is 27.3. The first-order valence-corrected chi connectivity index (χ1v) is 10.0. The van der Waals surface area contributed by atoms with Crippen LogP contribution in [0.2, 0.25) is 0 Å². The number of hydrogen-bond donors (Lipinski definition) is 5. The minimum atomic E-state index is -1.77. The van der Waals surface area contributed by atoms with Gasteiger partial charge in [-0.05, 0) is 48.5 Å². The molecule has 180 valence electrons. The van der Waals surface area contributed by atoms with Crippen molar-refractivity contribution in [2.45, 2.75) is 114 Å². The summed E-state index contributed by atoms with van der Waals surface area (Å²) in [7, 11) is 0. The minimum absolute atomic E-state index is 0.700. The Kier molecular flexibility index (Phi) is 8.11. The molecule has 31 heavy (non-hydrogen) atoms. The molecule has 2 aliphatic heterocycles. The molecular formula is C20H34O11. The second-order valence-electron chi connectivity index (χ2n) is 9.72. The number of carboxylic acids is 1. The fourth-order valence-corrected chi connectivity index (χ4v) is 3.31. The zero-order valence-electron chi connectivity index (χ0n) is 18.5. The number of hydrogen-bond acceptors (Lipinski definition) is 10. The van der Waals surface area contributed by atoms with Crippen LogP contribution in [-0.2, 0) is 28.5 Å². The van der Waals surface area contributed by atoms with E-state index in [9.17, 15) is 30.3 Å².